The van der Waals surface area contributed by atoms with Crippen LogP contribution in [0.3, 0.4) is 0 Å². The molecule has 3 aromatic heterocycles. The molecule has 8 heteroatoms. The topological polar surface area (TPSA) is 116 Å². The van der Waals surface area contributed by atoms with Crippen molar-refractivity contribution in [2.24, 2.45) is 0 Å². The number of nitrogens with one attached hydrogen (secondary N) is 1. The molecule has 92 valence electrons. The molecule has 3 heterocycles. The fourth-order valence-corrected chi connectivity index (χ4v) is 2.43. The minimum absolute atomic E-state index is 0.0546. The zero-order chi connectivity index (χ0) is 12.7. The number of hydrogen-bond donors (Lipinski definition) is 3. The predicted molar refractivity (Wildman–Crippen MR) is 70.4 cm³/mol. The second-order valence-electron chi connectivity index (χ2n) is 3.81. The first-order valence-corrected chi connectivity index (χ1v) is 6.12. The molecule has 5 N–H and O–H groups in total. The average Bonchev–Trinajstić information content (AvgIpc) is 2.91. The molecule has 0 saturated carbocycles. The Labute approximate surface area is 105 Å². The van der Waals surface area contributed by atoms with Gasteiger partial charge in [-0.05, 0) is 22.4 Å². The highest BCUT2D eigenvalue weighted by molar-refractivity contribution is 7.07. The van der Waals surface area contributed by atoms with Gasteiger partial charge in [0.1, 0.15) is 0 Å². The van der Waals surface area contributed by atoms with E-state index in [0.717, 1.165) is 5.56 Å². The van der Waals surface area contributed by atoms with E-state index in [4.69, 9.17) is 11.5 Å². The first-order valence-electron chi connectivity index (χ1n) is 5.17. The molecular formula is C10H10N6OS. The van der Waals surface area contributed by atoms with Gasteiger partial charge in [0.2, 0.25) is 11.9 Å². The van der Waals surface area contributed by atoms with Gasteiger partial charge in [-0.25, -0.2) is 4.98 Å². The van der Waals surface area contributed by atoms with E-state index in [-0.39, 0.29) is 23.0 Å². The molecule has 0 aliphatic carbocycles. The number of rotatable bonds is 2. The van der Waals surface area contributed by atoms with Gasteiger partial charge in [-0.3, -0.25) is 14.3 Å². The van der Waals surface area contributed by atoms with Gasteiger partial charge in [-0.1, -0.05) is 0 Å². The van der Waals surface area contributed by atoms with Gasteiger partial charge in [0, 0.05) is 0 Å². The number of anilines is 2. The van der Waals surface area contributed by atoms with Crippen LogP contribution in [-0.2, 0) is 6.54 Å². The Morgan fingerprint density at radius 2 is 2.22 bits per heavy atom. The van der Waals surface area contributed by atoms with Crippen molar-refractivity contribution in [1.29, 1.82) is 0 Å². The SMILES string of the molecule is Nc1nc2c(nc(N)n2Cc2ccsc2)c(=O)[nH]1. The molecule has 0 amide bonds. The molecule has 0 saturated heterocycles. The van der Waals surface area contributed by atoms with Crippen LogP contribution in [0.5, 0.6) is 0 Å². The van der Waals surface area contributed by atoms with Crippen LogP contribution in [0.1, 0.15) is 5.56 Å². The van der Waals surface area contributed by atoms with Gasteiger partial charge >= 0.3 is 0 Å². The molecule has 0 fully saturated rings. The van der Waals surface area contributed by atoms with Crippen LogP contribution in [0.25, 0.3) is 11.2 Å². The monoisotopic (exact) mass is 262 g/mol. The minimum atomic E-state index is -0.381. The summed E-state index contributed by atoms with van der Waals surface area (Å²) in [5.41, 5.74) is 12.6. The third kappa shape index (κ3) is 1.63. The van der Waals surface area contributed by atoms with Crippen molar-refractivity contribution in [2.45, 2.75) is 6.54 Å². The van der Waals surface area contributed by atoms with Gasteiger partial charge in [-0.15, -0.1) is 0 Å². The summed E-state index contributed by atoms with van der Waals surface area (Å²) in [6.45, 7) is 0.516. The number of aromatic amines is 1. The lowest BCUT2D eigenvalue weighted by Crippen LogP contribution is -2.12. The summed E-state index contributed by atoms with van der Waals surface area (Å²) in [7, 11) is 0. The molecule has 0 radical (unpaired) electrons. The van der Waals surface area contributed by atoms with Crippen LogP contribution in [0, 0.1) is 0 Å². The zero-order valence-electron chi connectivity index (χ0n) is 9.25. The number of nitrogens with two attached hydrogens (primary N) is 2. The third-order valence-electron chi connectivity index (χ3n) is 2.57. The van der Waals surface area contributed by atoms with Crippen molar-refractivity contribution in [2.75, 3.05) is 11.5 Å². The fourth-order valence-electron chi connectivity index (χ4n) is 1.77. The van der Waals surface area contributed by atoms with Crippen LogP contribution in [0.2, 0.25) is 0 Å². The lowest BCUT2D eigenvalue weighted by molar-refractivity contribution is 0.830. The maximum atomic E-state index is 11.7. The minimum Gasteiger partial charge on any atom is -0.369 e. The number of hydrogen-bond acceptors (Lipinski definition) is 6. The van der Waals surface area contributed by atoms with Crippen molar-refractivity contribution in [3.8, 4) is 0 Å². The highest BCUT2D eigenvalue weighted by Gasteiger charge is 2.13. The van der Waals surface area contributed by atoms with Gasteiger partial charge in [0.05, 0.1) is 6.54 Å². The normalized spacial score (nSPS) is 11.1. The molecule has 0 aliphatic rings. The van der Waals surface area contributed by atoms with E-state index in [0.29, 0.717) is 12.2 Å². The lowest BCUT2D eigenvalue weighted by Gasteiger charge is -2.03. The number of nitrogens with zero attached hydrogens (tertiary/aromatic N) is 3. The second kappa shape index (κ2) is 3.84. The molecule has 0 bridgehead atoms. The molecule has 0 spiro atoms. The molecule has 0 atom stereocenters. The Hall–Kier alpha value is -2.35. The number of thiophene rings is 1. The van der Waals surface area contributed by atoms with Crippen molar-refractivity contribution < 1.29 is 0 Å². The highest BCUT2D eigenvalue weighted by Crippen LogP contribution is 2.16. The van der Waals surface area contributed by atoms with Crippen LogP contribution in [0.15, 0.2) is 21.6 Å². The predicted octanol–water partition coefficient (Wildman–Crippen LogP) is 0.394. The summed E-state index contributed by atoms with van der Waals surface area (Å²) in [4.78, 5) is 22.2. The van der Waals surface area contributed by atoms with E-state index in [1.165, 1.54) is 0 Å². The lowest BCUT2D eigenvalue weighted by atomic mass is 10.3. The van der Waals surface area contributed by atoms with E-state index in [9.17, 15) is 4.79 Å². The first kappa shape index (κ1) is 10.8. The van der Waals surface area contributed by atoms with Crippen LogP contribution < -0.4 is 17.0 Å². The highest BCUT2D eigenvalue weighted by atomic mass is 32.1. The number of imidazole rings is 1. The van der Waals surface area contributed by atoms with Gasteiger partial charge < -0.3 is 11.5 Å². The number of fused-ring (bicyclic) bond motifs is 1. The largest absolute Gasteiger partial charge is 0.369 e. The zero-order valence-corrected chi connectivity index (χ0v) is 10.1. The van der Waals surface area contributed by atoms with E-state index >= 15 is 0 Å². The van der Waals surface area contributed by atoms with Crippen molar-refractivity contribution in [3.05, 3.63) is 32.7 Å². The molecular weight excluding hydrogens is 252 g/mol. The average molecular weight is 262 g/mol. The Balaban J connectivity index is 2.22. The number of nitrogen functional groups attached to an aromatic ring is 2. The quantitative estimate of drug-likeness (QED) is 0.618. The van der Waals surface area contributed by atoms with E-state index in [2.05, 4.69) is 15.0 Å². The Bertz CT molecular complexity index is 757. The van der Waals surface area contributed by atoms with E-state index in [1.807, 2.05) is 16.8 Å². The maximum absolute atomic E-state index is 11.7. The number of aromatic nitrogens is 4. The molecule has 0 aliphatic heterocycles. The smallest absolute Gasteiger partial charge is 0.280 e. The molecule has 18 heavy (non-hydrogen) atoms. The van der Waals surface area contributed by atoms with Gasteiger partial charge in [-0.2, -0.15) is 16.3 Å². The molecule has 3 rings (SSSR count). The first-order chi connectivity index (χ1) is 8.65. The molecule has 0 unspecified atom stereocenters. The van der Waals surface area contributed by atoms with Gasteiger partial charge in [0.15, 0.2) is 11.2 Å². The Morgan fingerprint density at radius 1 is 1.39 bits per heavy atom. The molecule has 7 nitrogen and oxygen atoms in total. The summed E-state index contributed by atoms with van der Waals surface area (Å²) in [6.07, 6.45) is 0. The van der Waals surface area contributed by atoms with Crippen molar-refractivity contribution in [1.82, 2.24) is 19.5 Å². The van der Waals surface area contributed by atoms with Crippen molar-refractivity contribution in [3.63, 3.8) is 0 Å². The van der Waals surface area contributed by atoms with Crippen molar-refractivity contribution >= 4 is 34.4 Å². The summed E-state index contributed by atoms with van der Waals surface area (Å²) >= 11 is 1.59. The summed E-state index contributed by atoms with van der Waals surface area (Å²) in [5, 5.41) is 3.97. The Morgan fingerprint density at radius 3 is 2.94 bits per heavy atom. The van der Waals surface area contributed by atoms with Crippen LogP contribution in [0.4, 0.5) is 11.9 Å². The Kier molecular flexibility index (Phi) is 2.30. The van der Waals surface area contributed by atoms with Gasteiger partial charge in [0.25, 0.3) is 5.56 Å². The van der Waals surface area contributed by atoms with E-state index in [1.54, 1.807) is 15.9 Å². The molecule has 3 aromatic rings. The van der Waals surface area contributed by atoms with Crippen LogP contribution in [-0.4, -0.2) is 19.5 Å². The summed E-state index contributed by atoms with van der Waals surface area (Å²) < 4.78 is 1.67. The fraction of sp³-hybridized carbons (Fsp3) is 0.100. The summed E-state index contributed by atoms with van der Waals surface area (Å²) in [6, 6.07) is 1.98. The van der Waals surface area contributed by atoms with E-state index < -0.39 is 0 Å². The second-order valence-corrected chi connectivity index (χ2v) is 4.59. The van der Waals surface area contributed by atoms with Crippen LogP contribution >= 0.6 is 11.3 Å². The molecule has 0 aromatic carbocycles. The maximum Gasteiger partial charge on any atom is 0.280 e. The summed E-state index contributed by atoms with van der Waals surface area (Å²) in [5.74, 6) is 0.304. The number of H-pyrrole nitrogens is 1. The standard InChI is InChI=1S/C10H10N6OS/c11-9-14-7-6(8(17)15-9)13-10(12)16(7)3-5-1-2-18-4-5/h1-2,4H,3H2,(H2,12,13)(H3,11,14,15,17). The third-order valence-corrected chi connectivity index (χ3v) is 3.31.